The van der Waals surface area contributed by atoms with E-state index in [0.717, 1.165) is 11.1 Å². The van der Waals surface area contributed by atoms with Gasteiger partial charge in [-0.25, -0.2) is 9.37 Å². The van der Waals surface area contributed by atoms with Gasteiger partial charge >= 0.3 is 0 Å². The maximum Gasteiger partial charge on any atom is 0.142 e. The molecule has 0 radical (unpaired) electrons. The minimum Gasteiger partial charge on any atom is -0.386 e. The zero-order valence-corrected chi connectivity index (χ0v) is 6.56. The molecule has 2 aromatic rings. The number of nitrogens with one attached hydrogen (secondary N) is 2. The molecule has 4 heteroatoms. The molecule has 0 bridgehead atoms. The second-order valence-electron chi connectivity index (χ2n) is 2.50. The molecule has 0 aliphatic rings. The molecule has 0 amide bonds. The average molecular weight is 165 g/mol. The van der Waals surface area contributed by atoms with Crippen molar-refractivity contribution in [2.24, 2.45) is 0 Å². The zero-order valence-electron chi connectivity index (χ0n) is 6.56. The topological polar surface area (TPSA) is 40.7 Å². The molecule has 0 saturated heterocycles. The van der Waals surface area contributed by atoms with Crippen LogP contribution in [0.4, 0.5) is 10.1 Å². The van der Waals surface area contributed by atoms with Crippen LogP contribution in [0.15, 0.2) is 18.5 Å². The molecule has 0 saturated carbocycles. The molecule has 0 atom stereocenters. The highest BCUT2D eigenvalue weighted by atomic mass is 19.1. The molecule has 2 heterocycles. The van der Waals surface area contributed by atoms with Gasteiger partial charge in [-0.2, -0.15) is 0 Å². The zero-order chi connectivity index (χ0) is 8.55. The standard InChI is InChI=1S/C8H8FN3/c1-10-7-4-12-8-6(7)2-5(9)3-11-8/h2-4,10H,1H3,(H,11,12). The summed E-state index contributed by atoms with van der Waals surface area (Å²) in [5, 5.41) is 3.71. The molecule has 0 fully saturated rings. The second kappa shape index (κ2) is 2.48. The van der Waals surface area contributed by atoms with Gasteiger partial charge in [0.05, 0.1) is 11.9 Å². The molecule has 12 heavy (non-hydrogen) atoms. The van der Waals surface area contributed by atoms with Gasteiger partial charge in [0.2, 0.25) is 0 Å². The Kier molecular flexibility index (Phi) is 1.46. The van der Waals surface area contributed by atoms with Crippen molar-refractivity contribution < 1.29 is 4.39 Å². The number of rotatable bonds is 1. The molecule has 2 N–H and O–H groups in total. The second-order valence-corrected chi connectivity index (χ2v) is 2.50. The van der Waals surface area contributed by atoms with Crippen molar-refractivity contribution in [2.45, 2.75) is 0 Å². The molecule has 0 aliphatic heterocycles. The Balaban J connectivity index is 2.75. The van der Waals surface area contributed by atoms with Gasteiger partial charge in [-0.1, -0.05) is 0 Å². The van der Waals surface area contributed by atoms with E-state index in [1.54, 1.807) is 13.2 Å². The molecule has 3 nitrogen and oxygen atoms in total. The maximum absolute atomic E-state index is 12.7. The number of aromatic amines is 1. The third-order valence-electron chi connectivity index (χ3n) is 1.77. The highest BCUT2D eigenvalue weighted by Gasteiger charge is 2.03. The summed E-state index contributed by atoms with van der Waals surface area (Å²) in [5.74, 6) is -0.321. The normalized spacial score (nSPS) is 10.5. The van der Waals surface area contributed by atoms with Gasteiger partial charge in [-0.05, 0) is 6.07 Å². The average Bonchev–Trinajstić information content (AvgIpc) is 2.46. The van der Waals surface area contributed by atoms with Crippen molar-refractivity contribution in [3.8, 4) is 0 Å². The maximum atomic E-state index is 12.7. The molecule has 0 aromatic carbocycles. The van der Waals surface area contributed by atoms with Gasteiger partial charge < -0.3 is 10.3 Å². The van der Waals surface area contributed by atoms with Crippen LogP contribution >= 0.6 is 0 Å². The van der Waals surface area contributed by atoms with Crippen LogP contribution in [-0.2, 0) is 0 Å². The lowest BCUT2D eigenvalue weighted by Crippen LogP contribution is -1.85. The Morgan fingerprint density at radius 1 is 1.58 bits per heavy atom. The molecule has 2 rings (SSSR count). The van der Waals surface area contributed by atoms with Gasteiger partial charge in [-0.3, -0.25) is 0 Å². The van der Waals surface area contributed by atoms with E-state index in [9.17, 15) is 4.39 Å². The lowest BCUT2D eigenvalue weighted by molar-refractivity contribution is 0.624. The van der Waals surface area contributed by atoms with Crippen molar-refractivity contribution in [3.05, 3.63) is 24.3 Å². The first kappa shape index (κ1) is 7.09. The van der Waals surface area contributed by atoms with Crippen LogP contribution in [0.25, 0.3) is 11.0 Å². The van der Waals surface area contributed by atoms with E-state index in [1.165, 1.54) is 12.3 Å². The SMILES string of the molecule is CNc1c[nH]c2ncc(F)cc12. The highest BCUT2D eigenvalue weighted by molar-refractivity contribution is 5.89. The molecular weight excluding hydrogens is 157 g/mol. The minimum absolute atomic E-state index is 0.321. The quantitative estimate of drug-likeness (QED) is 0.675. The van der Waals surface area contributed by atoms with E-state index in [0.29, 0.717) is 5.65 Å². The number of hydrogen-bond acceptors (Lipinski definition) is 2. The van der Waals surface area contributed by atoms with E-state index < -0.39 is 0 Å². The number of anilines is 1. The molecule has 0 aliphatic carbocycles. The number of aromatic nitrogens is 2. The first-order valence-corrected chi connectivity index (χ1v) is 3.61. The highest BCUT2D eigenvalue weighted by Crippen LogP contribution is 2.20. The number of pyridine rings is 1. The number of fused-ring (bicyclic) bond motifs is 1. The van der Waals surface area contributed by atoms with Gasteiger partial charge in [0.25, 0.3) is 0 Å². The molecular formula is C8H8FN3. The van der Waals surface area contributed by atoms with Crippen molar-refractivity contribution in [2.75, 3.05) is 12.4 Å². The third kappa shape index (κ3) is 0.922. The summed E-state index contributed by atoms with van der Waals surface area (Å²) in [4.78, 5) is 6.80. The Bertz CT molecular complexity index is 408. The summed E-state index contributed by atoms with van der Waals surface area (Å²) < 4.78 is 12.7. The Hall–Kier alpha value is -1.58. The molecule has 0 unspecified atom stereocenters. The first-order chi connectivity index (χ1) is 5.81. The molecule has 2 aromatic heterocycles. The fourth-order valence-electron chi connectivity index (χ4n) is 1.18. The van der Waals surface area contributed by atoms with Crippen molar-refractivity contribution >= 4 is 16.7 Å². The first-order valence-electron chi connectivity index (χ1n) is 3.61. The van der Waals surface area contributed by atoms with Gasteiger partial charge in [0.1, 0.15) is 11.5 Å². The Morgan fingerprint density at radius 2 is 2.42 bits per heavy atom. The number of H-pyrrole nitrogens is 1. The van der Waals surface area contributed by atoms with Crippen molar-refractivity contribution in [1.29, 1.82) is 0 Å². The van der Waals surface area contributed by atoms with E-state index >= 15 is 0 Å². The summed E-state index contributed by atoms with van der Waals surface area (Å²) in [6, 6.07) is 1.45. The van der Waals surface area contributed by atoms with Crippen LogP contribution < -0.4 is 5.32 Å². The van der Waals surface area contributed by atoms with Crippen molar-refractivity contribution in [3.63, 3.8) is 0 Å². The van der Waals surface area contributed by atoms with Crippen LogP contribution in [0, 0.1) is 5.82 Å². The summed E-state index contributed by atoms with van der Waals surface area (Å²) >= 11 is 0. The summed E-state index contributed by atoms with van der Waals surface area (Å²) in [6.45, 7) is 0. The fraction of sp³-hybridized carbons (Fsp3) is 0.125. The van der Waals surface area contributed by atoms with Crippen LogP contribution in [0.5, 0.6) is 0 Å². The van der Waals surface area contributed by atoms with Gasteiger partial charge in [0.15, 0.2) is 0 Å². The summed E-state index contributed by atoms with van der Waals surface area (Å²) in [7, 11) is 1.79. The van der Waals surface area contributed by atoms with E-state index in [-0.39, 0.29) is 5.82 Å². The third-order valence-corrected chi connectivity index (χ3v) is 1.77. The van der Waals surface area contributed by atoms with Crippen LogP contribution in [0.2, 0.25) is 0 Å². The molecule has 0 spiro atoms. The fourth-order valence-corrected chi connectivity index (χ4v) is 1.18. The number of nitrogens with zero attached hydrogens (tertiary/aromatic N) is 1. The van der Waals surface area contributed by atoms with E-state index in [2.05, 4.69) is 15.3 Å². The van der Waals surface area contributed by atoms with Crippen LogP contribution in [0.3, 0.4) is 0 Å². The van der Waals surface area contributed by atoms with E-state index in [1.807, 2.05) is 0 Å². The smallest absolute Gasteiger partial charge is 0.142 e. The van der Waals surface area contributed by atoms with Gasteiger partial charge in [0, 0.05) is 18.6 Å². The monoisotopic (exact) mass is 165 g/mol. The predicted molar refractivity (Wildman–Crippen MR) is 45.6 cm³/mol. The summed E-state index contributed by atoms with van der Waals surface area (Å²) in [6.07, 6.45) is 2.95. The van der Waals surface area contributed by atoms with Crippen molar-refractivity contribution in [1.82, 2.24) is 9.97 Å². The van der Waals surface area contributed by atoms with Gasteiger partial charge in [-0.15, -0.1) is 0 Å². The summed E-state index contributed by atoms with van der Waals surface area (Å²) in [5.41, 5.74) is 1.55. The van der Waals surface area contributed by atoms with E-state index in [4.69, 9.17) is 0 Å². The minimum atomic E-state index is -0.321. The predicted octanol–water partition coefficient (Wildman–Crippen LogP) is 1.74. The van der Waals surface area contributed by atoms with Crippen LogP contribution in [-0.4, -0.2) is 17.0 Å². The van der Waals surface area contributed by atoms with Crippen LogP contribution in [0.1, 0.15) is 0 Å². The number of hydrogen-bond donors (Lipinski definition) is 2. The lowest BCUT2D eigenvalue weighted by atomic mass is 10.3. The Labute approximate surface area is 68.6 Å². The Morgan fingerprint density at radius 3 is 3.17 bits per heavy atom. The largest absolute Gasteiger partial charge is 0.386 e. The molecule has 62 valence electrons. The number of halogens is 1. The lowest BCUT2D eigenvalue weighted by Gasteiger charge is -1.94.